The average molecular weight is 347 g/mol. The van der Waals surface area contributed by atoms with Crippen LogP contribution >= 0.6 is 23.4 Å². The van der Waals surface area contributed by atoms with Crippen molar-refractivity contribution in [3.05, 3.63) is 52.1 Å². The number of rotatable bonds is 4. The normalized spacial score (nSPS) is 11.0. The van der Waals surface area contributed by atoms with E-state index >= 15 is 0 Å². The van der Waals surface area contributed by atoms with Gasteiger partial charge in [-0.2, -0.15) is 0 Å². The summed E-state index contributed by atoms with van der Waals surface area (Å²) in [5, 5.41) is 9.41. The van der Waals surface area contributed by atoms with Crippen LogP contribution in [-0.2, 0) is 5.75 Å². The van der Waals surface area contributed by atoms with Gasteiger partial charge >= 0.3 is 0 Å². The van der Waals surface area contributed by atoms with Gasteiger partial charge in [0.25, 0.3) is 0 Å². The van der Waals surface area contributed by atoms with Gasteiger partial charge in [0, 0.05) is 11.4 Å². The Balaban J connectivity index is 1.74. The number of aryl methyl sites for hydroxylation is 2. The van der Waals surface area contributed by atoms with Crippen LogP contribution in [0.1, 0.15) is 22.8 Å². The first kappa shape index (κ1) is 16.0. The van der Waals surface area contributed by atoms with Gasteiger partial charge in [-0.05, 0) is 38.5 Å². The van der Waals surface area contributed by atoms with E-state index in [1.165, 1.54) is 11.8 Å². The van der Waals surface area contributed by atoms with Crippen molar-refractivity contribution in [2.45, 2.75) is 31.7 Å². The summed E-state index contributed by atoms with van der Waals surface area (Å²) in [6.07, 6.45) is 0. The van der Waals surface area contributed by atoms with Gasteiger partial charge in [-0.1, -0.05) is 35.5 Å². The van der Waals surface area contributed by atoms with Crippen molar-refractivity contribution in [2.24, 2.45) is 0 Å². The monoisotopic (exact) mass is 346 g/mol. The Bertz CT molecular complexity index is 827. The summed E-state index contributed by atoms with van der Waals surface area (Å²) in [6.45, 7) is 5.99. The van der Waals surface area contributed by atoms with E-state index in [-0.39, 0.29) is 0 Å². The predicted octanol–water partition coefficient (Wildman–Crippen LogP) is 4.40. The van der Waals surface area contributed by atoms with Gasteiger partial charge in [0.05, 0.1) is 16.3 Å². The zero-order valence-electron chi connectivity index (χ0n) is 13.0. The number of nitrogens with zero attached hydrogens (tertiary/aromatic N) is 4. The molecule has 0 radical (unpaired) electrons. The van der Waals surface area contributed by atoms with Gasteiger partial charge in [-0.25, -0.2) is 9.97 Å². The van der Waals surface area contributed by atoms with Gasteiger partial charge in [-0.3, -0.25) is 0 Å². The molecule has 2 aromatic heterocycles. The Hall–Kier alpha value is -1.92. The SMILES string of the molecule is Cc1nc(SCc2nnc(-c3ccccc3Cl)o2)nc(C)c1C. The molecule has 23 heavy (non-hydrogen) atoms. The van der Waals surface area contributed by atoms with E-state index in [0.717, 1.165) is 22.5 Å². The van der Waals surface area contributed by atoms with Crippen molar-refractivity contribution in [3.63, 3.8) is 0 Å². The van der Waals surface area contributed by atoms with Crippen LogP contribution in [-0.4, -0.2) is 20.2 Å². The highest BCUT2D eigenvalue weighted by Gasteiger charge is 2.13. The van der Waals surface area contributed by atoms with Gasteiger partial charge < -0.3 is 4.42 Å². The number of aromatic nitrogens is 4. The van der Waals surface area contributed by atoms with E-state index < -0.39 is 0 Å². The first-order chi connectivity index (χ1) is 11.0. The Morgan fingerprint density at radius 2 is 1.74 bits per heavy atom. The molecule has 0 aliphatic carbocycles. The van der Waals surface area contributed by atoms with E-state index in [1.807, 2.05) is 39.0 Å². The molecule has 7 heteroatoms. The summed E-state index contributed by atoms with van der Waals surface area (Å²) in [6, 6.07) is 7.38. The average Bonchev–Trinajstić information content (AvgIpc) is 2.99. The van der Waals surface area contributed by atoms with Crippen molar-refractivity contribution in [1.29, 1.82) is 0 Å². The predicted molar refractivity (Wildman–Crippen MR) is 90.5 cm³/mol. The molecule has 1 aromatic carbocycles. The molecule has 118 valence electrons. The van der Waals surface area contributed by atoms with E-state index in [2.05, 4.69) is 20.2 Å². The van der Waals surface area contributed by atoms with Gasteiger partial charge in [0.1, 0.15) is 0 Å². The number of hydrogen-bond acceptors (Lipinski definition) is 6. The number of hydrogen-bond donors (Lipinski definition) is 0. The molecule has 0 saturated heterocycles. The quantitative estimate of drug-likeness (QED) is 0.515. The topological polar surface area (TPSA) is 64.7 Å². The van der Waals surface area contributed by atoms with Crippen molar-refractivity contribution in [2.75, 3.05) is 0 Å². The first-order valence-electron chi connectivity index (χ1n) is 7.06. The Morgan fingerprint density at radius 1 is 1.04 bits per heavy atom. The van der Waals surface area contributed by atoms with Crippen LogP contribution in [0, 0.1) is 20.8 Å². The molecule has 0 fully saturated rings. The van der Waals surface area contributed by atoms with Gasteiger partial charge in [0.15, 0.2) is 5.16 Å². The third-order valence-electron chi connectivity index (χ3n) is 3.51. The van der Waals surface area contributed by atoms with Crippen LogP contribution in [0.3, 0.4) is 0 Å². The van der Waals surface area contributed by atoms with Crippen molar-refractivity contribution in [1.82, 2.24) is 20.2 Å². The molecule has 0 spiro atoms. The molecule has 0 aliphatic heterocycles. The summed E-state index contributed by atoms with van der Waals surface area (Å²) in [5.41, 5.74) is 3.83. The standard InChI is InChI=1S/C16H15ClN4OS/c1-9-10(2)18-16(19-11(9)3)23-8-14-20-21-15(22-14)12-6-4-5-7-13(12)17/h4-7H,8H2,1-3H3. The minimum atomic E-state index is 0.420. The summed E-state index contributed by atoms with van der Waals surface area (Å²) in [4.78, 5) is 8.94. The molecule has 0 N–H and O–H groups in total. The van der Waals surface area contributed by atoms with E-state index in [4.69, 9.17) is 16.0 Å². The lowest BCUT2D eigenvalue weighted by Crippen LogP contribution is -1.98. The number of benzene rings is 1. The lowest BCUT2D eigenvalue weighted by Gasteiger charge is -2.05. The van der Waals surface area contributed by atoms with E-state index in [0.29, 0.717) is 27.7 Å². The van der Waals surface area contributed by atoms with Gasteiger partial charge in [-0.15, -0.1) is 10.2 Å². The minimum Gasteiger partial charge on any atom is -0.420 e. The van der Waals surface area contributed by atoms with E-state index in [1.54, 1.807) is 6.07 Å². The summed E-state index contributed by atoms with van der Waals surface area (Å²) in [7, 11) is 0. The maximum Gasteiger partial charge on any atom is 0.249 e. The molecule has 0 unspecified atom stereocenters. The van der Waals surface area contributed by atoms with Crippen LogP contribution in [0.5, 0.6) is 0 Å². The van der Waals surface area contributed by atoms with Crippen LogP contribution in [0.4, 0.5) is 0 Å². The van der Waals surface area contributed by atoms with Crippen LogP contribution < -0.4 is 0 Å². The zero-order valence-corrected chi connectivity index (χ0v) is 14.6. The summed E-state index contributed by atoms with van der Waals surface area (Å²) in [5.74, 6) is 1.45. The zero-order chi connectivity index (χ0) is 16.4. The van der Waals surface area contributed by atoms with Gasteiger partial charge in [0.2, 0.25) is 11.8 Å². The van der Waals surface area contributed by atoms with E-state index in [9.17, 15) is 0 Å². The maximum atomic E-state index is 6.14. The molecule has 3 rings (SSSR count). The highest BCUT2D eigenvalue weighted by Crippen LogP contribution is 2.28. The van der Waals surface area contributed by atoms with Crippen LogP contribution in [0.15, 0.2) is 33.8 Å². The molecule has 2 heterocycles. The fraction of sp³-hybridized carbons (Fsp3) is 0.250. The van der Waals surface area contributed by atoms with Crippen LogP contribution in [0.2, 0.25) is 5.02 Å². The minimum absolute atomic E-state index is 0.420. The largest absolute Gasteiger partial charge is 0.420 e. The molecule has 5 nitrogen and oxygen atoms in total. The Morgan fingerprint density at radius 3 is 2.43 bits per heavy atom. The molecule has 0 saturated carbocycles. The molecule has 0 amide bonds. The van der Waals surface area contributed by atoms with Crippen molar-refractivity contribution >= 4 is 23.4 Å². The molecule has 0 atom stereocenters. The molecule has 0 aliphatic rings. The molecule has 3 aromatic rings. The van der Waals surface area contributed by atoms with Crippen molar-refractivity contribution < 1.29 is 4.42 Å². The third-order valence-corrected chi connectivity index (χ3v) is 4.67. The number of thioether (sulfide) groups is 1. The number of halogens is 1. The Labute approximate surface area is 143 Å². The second-order valence-corrected chi connectivity index (χ2v) is 6.42. The van der Waals surface area contributed by atoms with Crippen LogP contribution in [0.25, 0.3) is 11.5 Å². The fourth-order valence-electron chi connectivity index (χ4n) is 1.99. The Kier molecular flexibility index (Phi) is 4.63. The molecule has 0 bridgehead atoms. The fourth-order valence-corrected chi connectivity index (χ4v) is 2.98. The molecular weight excluding hydrogens is 332 g/mol. The highest BCUT2D eigenvalue weighted by atomic mass is 35.5. The second-order valence-electron chi connectivity index (χ2n) is 5.07. The lowest BCUT2D eigenvalue weighted by molar-refractivity contribution is 0.528. The second kappa shape index (κ2) is 6.68. The third kappa shape index (κ3) is 3.54. The lowest BCUT2D eigenvalue weighted by atomic mass is 10.2. The molecular formula is C16H15ClN4OS. The van der Waals surface area contributed by atoms with Crippen molar-refractivity contribution in [3.8, 4) is 11.5 Å². The summed E-state index contributed by atoms with van der Waals surface area (Å²) < 4.78 is 5.67. The smallest absolute Gasteiger partial charge is 0.249 e. The maximum absolute atomic E-state index is 6.14. The summed E-state index contributed by atoms with van der Waals surface area (Å²) >= 11 is 7.61. The highest BCUT2D eigenvalue weighted by molar-refractivity contribution is 7.98. The first-order valence-corrected chi connectivity index (χ1v) is 8.43.